The van der Waals surface area contributed by atoms with Gasteiger partial charge in [0, 0.05) is 12.8 Å². The summed E-state index contributed by atoms with van der Waals surface area (Å²) in [6, 6.07) is 7.76. The number of fused-ring (bicyclic) bond motifs is 5. The highest BCUT2D eigenvalue weighted by molar-refractivity contribution is 5.81. The molecular formula is C14H15NO3. The lowest BCUT2D eigenvalue weighted by atomic mass is 9.84. The number of hydrogen-bond acceptors (Lipinski definition) is 2. The van der Waals surface area contributed by atoms with Crippen LogP contribution in [0.2, 0.25) is 0 Å². The van der Waals surface area contributed by atoms with Crippen LogP contribution in [0.25, 0.3) is 0 Å². The number of nitrogens with one attached hydrogen (secondary N) is 1. The van der Waals surface area contributed by atoms with E-state index in [1.54, 1.807) is 0 Å². The smallest absolute Gasteiger partial charge is 0.309 e. The van der Waals surface area contributed by atoms with Crippen LogP contribution in [-0.4, -0.2) is 17.0 Å². The SMILES string of the molecule is CC(=O)NC12CCC(c3ccccc31)C2C(=O)O. The molecule has 0 aliphatic heterocycles. The van der Waals surface area contributed by atoms with E-state index in [1.165, 1.54) is 6.92 Å². The summed E-state index contributed by atoms with van der Waals surface area (Å²) in [6.07, 6.45) is 1.54. The molecule has 3 atom stereocenters. The van der Waals surface area contributed by atoms with Gasteiger partial charge >= 0.3 is 5.97 Å². The van der Waals surface area contributed by atoms with Gasteiger partial charge in [0.05, 0.1) is 11.5 Å². The summed E-state index contributed by atoms with van der Waals surface area (Å²) in [5, 5.41) is 12.4. The van der Waals surface area contributed by atoms with Gasteiger partial charge in [-0.05, 0) is 24.0 Å². The van der Waals surface area contributed by atoms with E-state index >= 15 is 0 Å². The van der Waals surface area contributed by atoms with Crippen molar-refractivity contribution < 1.29 is 14.7 Å². The molecule has 0 radical (unpaired) electrons. The lowest BCUT2D eigenvalue weighted by Gasteiger charge is -2.32. The highest BCUT2D eigenvalue weighted by atomic mass is 16.4. The summed E-state index contributed by atoms with van der Waals surface area (Å²) < 4.78 is 0. The fraction of sp³-hybridized carbons (Fsp3) is 0.429. The molecule has 0 heterocycles. The molecule has 1 aromatic carbocycles. The number of benzene rings is 1. The molecule has 18 heavy (non-hydrogen) atoms. The van der Waals surface area contributed by atoms with Gasteiger partial charge in [-0.15, -0.1) is 0 Å². The van der Waals surface area contributed by atoms with E-state index < -0.39 is 17.4 Å². The Morgan fingerprint density at radius 2 is 2.11 bits per heavy atom. The molecule has 2 bridgehead atoms. The summed E-state index contributed by atoms with van der Waals surface area (Å²) in [4.78, 5) is 23.0. The normalized spacial score (nSPS) is 32.1. The monoisotopic (exact) mass is 245 g/mol. The Balaban J connectivity index is 2.18. The van der Waals surface area contributed by atoms with Crippen molar-refractivity contribution in [2.75, 3.05) is 0 Å². The number of carbonyl (C=O) groups is 2. The number of rotatable bonds is 2. The molecule has 2 N–H and O–H groups in total. The maximum Gasteiger partial charge on any atom is 0.309 e. The van der Waals surface area contributed by atoms with Crippen molar-refractivity contribution in [2.45, 2.75) is 31.2 Å². The molecule has 2 aliphatic rings. The van der Waals surface area contributed by atoms with Crippen molar-refractivity contribution in [3.63, 3.8) is 0 Å². The van der Waals surface area contributed by atoms with Gasteiger partial charge in [-0.3, -0.25) is 9.59 Å². The molecule has 0 saturated heterocycles. The third-order valence-corrected chi connectivity index (χ3v) is 4.29. The van der Waals surface area contributed by atoms with E-state index in [9.17, 15) is 14.7 Å². The van der Waals surface area contributed by atoms with E-state index in [1.807, 2.05) is 24.3 Å². The molecule has 1 fully saturated rings. The molecule has 0 spiro atoms. The summed E-state index contributed by atoms with van der Waals surface area (Å²) >= 11 is 0. The summed E-state index contributed by atoms with van der Waals surface area (Å²) in [6.45, 7) is 1.45. The van der Waals surface area contributed by atoms with Gasteiger partial charge in [0.1, 0.15) is 0 Å². The number of hydrogen-bond donors (Lipinski definition) is 2. The van der Waals surface area contributed by atoms with Crippen molar-refractivity contribution in [2.24, 2.45) is 5.92 Å². The average Bonchev–Trinajstić information content (AvgIpc) is 2.79. The molecular weight excluding hydrogens is 230 g/mol. The van der Waals surface area contributed by atoms with Crippen LogP contribution in [0, 0.1) is 5.92 Å². The molecule has 1 aromatic rings. The van der Waals surface area contributed by atoms with E-state index in [-0.39, 0.29) is 11.8 Å². The number of carboxylic acids is 1. The number of carbonyl (C=O) groups excluding carboxylic acids is 1. The van der Waals surface area contributed by atoms with Gasteiger partial charge in [-0.1, -0.05) is 24.3 Å². The van der Waals surface area contributed by atoms with Crippen LogP contribution >= 0.6 is 0 Å². The van der Waals surface area contributed by atoms with E-state index in [4.69, 9.17) is 0 Å². The third kappa shape index (κ3) is 1.26. The Kier molecular flexibility index (Phi) is 2.24. The molecule has 1 amide bonds. The van der Waals surface area contributed by atoms with Crippen LogP contribution in [0.5, 0.6) is 0 Å². The molecule has 4 heteroatoms. The van der Waals surface area contributed by atoms with Gasteiger partial charge in [-0.25, -0.2) is 0 Å². The lowest BCUT2D eigenvalue weighted by Crippen LogP contribution is -2.48. The van der Waals surface area contributed by atoms with Crippen molar-refractivity contribution >= 4 is 11.9 Å². The Morgan fingerprint density at radius 3 is 2.78 bits per heavy atom. The second kappa shape index (κ2) is 3.57. The molecule has 3 rings (SSSR count). The highest BCUT2D eigenvalue weighted by Crippen LogP contribution is 2.59. The molecule has 3 unspecified atom stereocenters. The zero-order valence-electron chi connectivity index (χ0n) is 10.1. The second-order valence-corrected chi connectivity index (χ2v) is 5.20. The summed E-state index contributed by atoms with van der Waals surface area (Å²) in [5.41, 5.74) is 1.38. The van der Waals surface area contributed by atoms with E-state index in [2.05, 4.69) is 5.32 Å². The number of aliphatic carboxylic acids is 1. The Morgan fingerprint density at radius 1 is 1.39 bits per heavy atom. The molecule has 4 nitrogen and oxygen atoms in total. The molecule has 0 aromatic heterocycles. The second-order valence-electron chi connectivity index (χ2n) is 5.20. The van der Waals surface area contributed by atoms with Crippen LogP contribution in [0.3, 0.4) is 0 Å². The molecule has 94 valence electrons. The minimum absolute atomic E-state index is 0.0329. The van der Waals surface area contributed by atoms with Crippen LogP contribution in [0.15, 0.2) is 24.3 Å². The largest absolute Gasteiger partial charge is 0.481 e. The van der Waals surface area contributed by atoms with Gasteiger partial charge in [0.25, 0.3) is 0 Å². The van der Waals surface area contributed by atoms with Crippen molar-refractivity contribution in [1.82, 2.24) is 5.32 Å². The standard InChI is InChI=1S/C14H15NO3/c1-8(16)15-14-7-6-10(12(14)13(17)18)9-4-2-3-5-11(9)14/h2-5,10,12H,6-7H2,1H3,(H,15,16)(H,17,18). The van der Waals surface area contributed by atoms with Crippen LogP contribution in [-0.2, 0) is 15.1 Å². The minimum atomic E-state index is -0.817. The van der Waals surface area contributed by atoms with Crippen LogP contribution in [0.4, 0.5) is 0 Å². The zero-order valence-corrected chi connectivity index (χ0v) is 10.1. The zero-order chi connectivity index (χ0) is 12.9. The van der Waals surface area contributed by atoms with Crippen molar-refractivity contribution in [1.29, 1.82) is 0 Å². The third-order valence-electron chi connectivity index (χ3n) is 4.29. The van der Waals surface area contributed by atoms with Crippen molar-refractivity contribution in [3.05, 3.63) is 35.4 Å². The first kappa shape index (κ1) is 11.3. The first-order valence-corrected chi connectivity index (χ1v) is 6.17. The number of amides is 1. The summed E-state index contributed by atoms with van der Waals surface area (Å²) in [5.74, 6) is -1.48. The van der Waals surface area contributed by atoms with E-state index in [0.717, 1.165) is 17.5 Å². The van der Waals surface area contributed by atoms with Gasteiger partial charge in [-0.2, -0.15) is 0 Å². The van der Waals surface area contributed by atoms with Crippen LogP contribution < -0.4 is 5.32 Å². The average molecular weight is 245 g/mol. The molecule has 1 saturated carbocycles. The van der Waals surface area contributed by atoms with E-state index in [0.29, 0.717) is 6.42 Å². The van der Waals surface area contributed by atoms with Crippen molar-refractivity contribution in [3.8, 4) is 0 Å². The summed E-state index contributed by atoms with van der Waals surface area (Å²) in [7, 11) is 0. The maximum absolute atomic E-state index is 11.6. The Hall–Kier alpha value is -1.84. The van der Waals surface area contributed by atoms with Crippen LogP contribution in [0.1, 0.15) is 36.8 Å². The fourth-order valence-electron chi connectivity index (χ4n) is 3.82. The lowest BCUT2D eigenvalue weighted by molar-refractivity contribution is -0.144. The minimum Gasteiger partial charge on any atom is -0.481 e. The molecule has 2 aliphatic carbocycles. The fourth-order valence-corrected chi connectivity index (χ4v) is 3.82. The Bertz CT molecular complexity index is 540. The first-order valence-electron chi connectivity index (χ1n) is 6.17. The Labute approximate surface area is 105 Å². The van der Waals surface area contributed by atoms with Gasteiger partial charge in [0.2, 0.25) is 5.91 Å². The van der Waals surface area contributed by atoms with Gasteiger partial charge < -0.3 is 10.4 Å². The van der Waals surface area contributed by atoms with Gasteiger partial charge in [0.15, 0.2) is 0 Å². The predicted molar refractivity (Wildman–Crippen MR) is 65.0 cm³/mol. The predicted octanol–water partition coefficient (Wildman–Crippen LogP) is 1.61. The number of carboxylic acid groups (broad SMARTS) is 1. The quantitative estimate of drug-likeness (QED) is 0.831. The maximum atomic E-state index is 11.6. The highest BCUT2D eigenvalue weighted by Gasteiger charge is 2.60. The topological polar surface area (TPSA) is 66.4 Å². The first-order chi connectivity index (χ1) is 8.56.